The van der Waals surface area contributed by atoms with Gasteiger partial charge in [-0.2, -0.15) is 0 Å². The van der Waals surface area contributed by atoms with Crippen molar-refractivity contribution >= 4 is 43.0 Å². The van der Waals surface area contributed by atoms with Crippen LogP contribution in [0.4, 0.5) is 5.69 Å². The minimum Gasteiger partial charge on any atom is -0.391 e. The molecule has 1 aromatic carbocycles. The fourth-order valence-electron chi connectivity index (χ4n) is 1.69. The normalized spacial score (nSPS) is 11.6. The molecule has 0 spiro atoms. The van der Waals surface area contributed by atoms with E-state index in [1.165, 1.54) is 0 Å². The van der Waals surface area contributed by atoms with Crippen molar-refractivity contribution in [1.82, 2.24) is 0 Å². The van der Waals surface area contributed by atoms with Crippen molar-refractivity contribution < 1.29 is 13.5 Å². The van der Waals surface area contributed by atoms with Gasteiger partial charge in [0.25, 0.3) is 10.0 Å². The third-order valence-electron chi connectivity index (χ3n) is 2.77. The minimum atomic E-state index is -3.64. The van der Waals surface area contributed by atoms with Gasteiger partial charge in [0.05, 0.1) is 12.3 Å². The lowest BCUT2D eigenvalue weighted by atomic mass is 10.2. The lowest BCUT2D eigenvalue weighted by molar-refractivity contribution is 0.285. The lowest BCUT2D eigenvalue weighted by Crippen LogP contribution is -2.12. The van der Waals surface area contributed by atoms with Gasteiger partial charge >= 0.3 is 0 Å². The molecule has 108 valence electrons. The SMILES string of the molecule is Cc1ccc(Br)c(NS(=O)(=O)c2cc(C)c(CO)s2)c1. The summed E-state index contributed by atoms with van der Waals surface area (Å²) in [6.45, 7) is 3.52. The Morgan fingerprint density at radius 3 is 2.60 bits per heavy atom. The Bertz CT molecular complexity index is 738. The molecule has 0 saturated heterocycles. The maximum absolute atomic E-state index is 12.3. The van der Waals surface area contributed by atoms with Crippen LogP contribution in [0.3, 0.4) is 0 Å². The number of benzene rings is 1. The second-order valence-corrected chi connectivity index (χ2v) is 8.32. The molecule has 0 bridgehead atoms. The summed E-state index contributed by atoms with van der Waals surface area (Å²) < 4.78 is 28.1. The molecule has 0 radical (unpaired) electrons. The zero-order valence-corrected chi connectivity index (χ0v) is 14.2. The van der Waals surface area contributed by atoms with E-state index < -0.39 is 10.0 Å². The standard InChI is InChI=1S/C13H14BrNO3S2/c1-8-3-4-10(14)11(5-8)15-20(17,18)13-6-9(2)12(7-16)19-13/h3-6,15-16H,7H2,1-2H3. The number of anilines is 1. The molecule has 2 rings (SSSR count). The molecule has 0 fully saturated rings. The number of hydrogen-bond donors (Lipinski definition) is 2. The van der Waals surface area contributed by atoms with E-state index in [0.29, 0.717) is 15.0 Å². The maximum atomic E-state index is 12.3. The largest absolute Gasteiger partial charge is 0.391 e. The Morgan fingerprint density at radius 2 is 2.00 bits per heavy atom. The number of thiophene rings is 1. The van der Waals surface area contributed by atoms with E-state index in [1.807, 2.05) is 13.0 Å². The Labute approximate surface area is 130 Å². The number of rotatable bonds is 4. The van der Waals surface area contributed by atoms with Gasteiger partial charge in [-0.05, 0) is 59.1 Å². The van der Waals surface area contributed by atoms with Crippen molar-refractivity contribution in [2.24, 2.45) is 0 Å². The van der Waals surface area contributed by atoms with Crippen LogP contribution >= 0.6 is 27.3 Å². The summed E-state index contributed by atoms with van der Waals surface area (Å²) in [5.74, 6) is 0. The molecular weight excluding hydrogens is 362 g/mol. The molecule has 20 heavy (non-hydrogen) atoms. The molecule has 0 atom stereocenters. The van der Waals surface area contributed by atoms with Crippen molar-refractivity contribution in [1.29, 1.82) is 0 Å². The van der Waals surface area contributed by atoms with Crippen LogP contribution in [-0.2, 0) is 16.6 Å². The van der Waals surface area contributed by atoms with E-state index in [0.717, 1.165) is 22.5 Å². The topological polar surface area (TPSA) is 66.4 Å². The van der Waals surface area contributed by atoms with Gasteiger partial charge in [0.2, 0.25) is 0 Å². The van der Waals surface area contributed by atoms with Crippen LogP contribution in [0.15, 0.2) is 32.9 Å². The van der Waals surface area contributed by atoms with Gasteiger partial charge < -0.3 is 5.11 Å². The van der Waals surface area contributed by atoms with Crippen LogP contribution in [0.2, 0.25) is 0 Å². The predicted molar refractivity (Wildman–Crippen MR) is 84.7 cm³/mol. The van der Waals surface area contributed by atoms with E-state index in [4.69, 9.17) is 5.11 Å². The highest BCUT2D eigenvalue weighted by molar-refractivity contribution is 9.10. The van der Waals surface area contributed by atoms with Crippen LogP contribution in [0.1, 0.15) is 16.0 Å². The molecule has 0 aliphatic carbocycles. The summed E-state index contributed by atoms with van der Waals surface area (Å²) in [7, 11) is -3.64. The van der Waals surface area contributed by atoms with Crippen LogP contribution in [0.5, 0.6) is 0 Å². The van der Waals surface area contributed by atoms with E-state index in [9.17, 15) is 8.42 Å². The first-order valence-corrected chi connectivity index (χ1v) is 8.92. The van der Waals surface area contributed by atoms with Crippen LogP contribution in [-0.4, -0.2) is 13.5 Å². The molecule has 0 aliphatic heterocycles. The van der Waals surface area contributed by atoms with Gasteiger partial charge in [0.15, 0.2) is 0 Å². The summed E-state index contributed by atoms with van der Waals surface area (Å²) in [6, 6.07) is 7.02. The van der Waals surface area contributed by atoms with E-state index in [2.05, 4.69) is 20.7 Å². The van der Waals surface area contributed by atoms with Gasteiger partial charge in [-0.1, -0.05) is 6.07 Å². The van der Waals surface area contributed by atoms with Gasteiger partial charge in [-0.25, -0.2) is 8.42 Å². The monoisotopic (exact) mass is 375 g/mol. The second kappa shape index (κ2) is 5.85. The molecule has 0 saturated carbocycles. The predicted octanol–water partition coefficient (Wildman–Crippen LogP) is 3.42. The van der Waals surface area contributed by atoms with Gasteiger partial charge in [0.1, 0.15) is 4.21 Å². The zero-order chi connectivity index (χ0) is 14.9. The van der Waals surface area contributed by atoms with Crippen molar-refractivity contribution in [2.45, 2.75) is 24.7 Å². The van der Waals surface area contributed by atoms with Crippen molar-refractivity contribution in [3.05, 3.63) is 44.7 Å². The summed E-state index contributed by atoms with van der Waals surface area (Å²) in [5, 5.41) is 9.16. The first kappa shape index (κ1) is 15.5. The average molecular weight is 376 g/mol. The number of halogens is 1. The number of nitrogens with one attached hydrogen (secondary N) is 1. The summed E-state index contributed by atoms with van der Waals surface area (Å²) in [6.07, 6.45) is 0. The third-order valence-corrected chi connectivity index (χ3v) is 6.53. The number of sulfonamides is 1. The molecule has 7 heteroatoms. The number of hydrogen-bond acceptors (Lipinski definition) is 4. The average Bonchev–Trinajstić information content (AvgIpc) is 2.76. The first-order chi connectivity index (χ1) is 9.33. The van der Waals surface area contributed by atoms with E-state index in [-0.39, 0.29) is 10.8 Å². The number of aryl methyl sites for hydroxylation is 2. The summed E-state index contributed by atoms with van der Waals surface area (Å²) >= 11 is 4.41. The van der Waals surface area contributed by atoms with Crippen LogP contribution < -0.4 is 4.72 Å². The Morgan fingerprint density at radius 1 is 1.30 bits per heavy atom. The molecular formula is C13H14BrNO3S2. The van der Waals surface area contributed by atoms with E-state index >= 15 is 0 Å². The van der Waals surface area contributed by atoms with Crippen molar-refractivity contribution in [2.75, 3.05) is 4.72 Å². The highest BCUT2D eigenvalue weighted by atomic mass is 79.9. The Balaban J connectivity index is 2.37. The first-order valence-electron chi connectivity index (χ1n) is 5.82. The smallest absolute Gasteiger partial charge is 0.271 e. The quantitative estimate of drug-likeness (QED) is 0.859. The van der Waals surface area contributed by atoms with Crippen LogP contribution in [0.25, 0.3) is 0 Å². The Kier molecular flexibility index (Phi) is 4.53. The minimum absolute atomic E-state index is 0.153. The summed E-state index contributed by atoms with van der Waals surface area (Å²) in [4.78, 5) is 0.661. The van der Waals surface area contributed by atoms with Gasteiger partial charge in [-0.3, -0.25) is 4.72 Å². The highest BCUT2D eigenvalue weighted by Crippen LogP contribution is 2.30. The second-order valence-electron chi connectivity index (χ2n) is 4.42. The van der Waals surface area contributed by atoms with E-state index in [1.54, 1.807) is 25.1 Å². The maximum Gasteiger partial charge on any atom is 0.271 e. The van der Waals surface area contributed by atoms with Crippen molar-refractivity contribution in [3.63, 3.8) is 0 Å². The zero-order valence-electron chi connectivity index (χ0n) is 11.0. The van der Waals surface area contributed by atoms with Gasteiger partial charge in [0, 0.05) is 9.35 Å². The van der Waals surface area contributed by atoms with Crippen LogP contribution in [0, 0.1) is 13.8 Å². The molecule has 2 N–H and O–H groups in total. The Hall–Kier alpha value is -0.890. The molecule has 1 heterocycles. The molecule has 4 nitrogen and oxygen atoms in total. The van der Waals surface area contributed by atoms with Crippen molar-refractivity contribution in [3.8, 4) is 0 Å². The molecule has 1 aromatic heterocycles. The third kappa shape index (κ3) is 3.22. The fraction of sp³-hybridized carbons (Fsp3) is 0.231. The fourth-order valence-corrected chi connectivity index (χ4v) is 4.69. The lowest BCUT2D eigenvalue weighted by Gasteiger charge is -2.09. The molecule has 0 unspecified atom stereocenters. The molecule has 0 aliphatic rings. The molecule has 0 amide bonds. The number of aliphatic hydroxyl groups excluding tert-OH is 1. The number of aliphatic hydroxyl groups is 1. The van der Waals surface area contributed by atoms with Gasteiger partial charge in [-0.15, -0.1) is 11.3 Å². The highest BCUT2D eigenvalue weighted by Gasteiger charge is 2.19. The molecule has 2 aromatic rings. The summed E-state index contributed by atoms with van der Waals surface area (Å²) in [5.41, 5.74) is 2.24.